The molecule has 2 rings (SSSR count). The lowest BCUT2D eigenvalue weighted by Gasteiger charge is -2.16. The van der Waals surface area contributed by atoms with E-state index in [0.29, 0.717) is 0 Å². The van der Waals surface area contributed by atoms with Gasteiger partial charge in [0.15, 0.2) is 4.90 Å². The number of sulfonamides is 2. The van der Waals surface area contributed by atoms with Crippen molar-refractivity contribution in [2.24, 2.45) is 0 Å². The highest BCUT2D eigenvalue weighted by molar-refractivity contribution is 7.92. The molecule has 11 heteroatoms. The third-order valence-electron chi connectivity index (χ3n) is 3.26. The summed E-state index contributed by atoms with van der Waals surface area (Å²) in [6, 6.07) is 6.21. The van der Waals surface area contributed by atoms with Crippen LogP contribution in [-0.2, 0) is 20.0 Å². The summed E-state index contributed by atoms with van der Waals surface area (Å²) < 4.78 is 79.2. The van der Waals surface area contributed by atoms with Gasteiger partial charge < -0.3 is 5.73 Å². The number of hydrogen-bond donors (Lipinski definition) is 2. The summed E-state index contributed by atoms with van der Waals surface area (Å²) in [6.07, 6.45) is 0. The number of rotatable bonds is 5. The highest BCUT2D eigenvalue weighted by Crippen LogP contribution is 2.30. The first kappa shape index (κ1) is 19.1. The monoisotopic (exact) mass is 391 g/mol. The summed E-state index contributed by atoms with van der Waals surface area (Å²) in [7, 11) is -6.05. The van der Waals surface area contributed by atoms with Crippen LogP contribution in [0.3, 0.4) is 0 Å². The Hall–Kier alpha value is -2.24. The predicted octanol–water partition coefficient (Wildman–Crippen LogP) is 1.60. The molecule has 0 spiro atoms. The van der Waals surface area contributed by atoms with Crippen LogP contribution in [0.4, 0.5) is 20.2 Å². The Kier molecular flexibility index (Phi) is 5.02. The van der Waals surface area contributed by atoms with Crippen molar-refractivity contribution in [3.8, 4) is 0 Å². The van der Waals surface area contributed by atoms with E-state index < -0.39 is 42.3 Å². The fourth-order valence-corrected chi connectivity index (χ4v) is 4.24. The summed E-state index contributed by atoms with van der Waals surface area (Å²) in [6.45, 7) is 0. The molecular formula is C14H15F2N3O4S2. The molecule has 0 amide bonds. The van der Waals surface area contributed by atoms with Crippen LogP contribution in [0.5, 0.6) is 0 Å². The van der Waals surface area contributed by atoms with Crippen molar-refractivity contribution in [3.63, 3.8) is 0 Å². The van der Waals surface area contributed by atoms with Crippen molar-refractivity contribution >= 4 is 31.4 Å². The average Bonchev–Trinajstić information content (AvgIpc) is 2.48. The second-order valence-electron chi connectivity index (χ2n) is 5.16. The van der Waals surface area contributed by atoms with Crippen LogP contribution in [0.25, 0.3) is 0 Å². The number of nitrogens with zero attached hydrogens (tertiary/aromatic N) is 1. The van der Waals surface area contributed by atoms with Crippen LogP contribution in [0.15, 0.2) is 46.2 Å². The first-order valence-electron chi connectivity index (χ1n) is 6.76. The number of benzene rings is 2. The van der Waals surface area contributed by atoms with Crippen molar-refractivity contribution in [2.45, 2.75) is 9.79 Å². The van der Waals surface area contributed by atoms with E-state index in [0.717, 1.165) is 22.5 Å². The van der Waals surface area contributed by atoms with Gasteiger partial charge in [-0.25, -0.2) is 29.9 Å². The molecule has 0 bridgehead atoms. The van der Waals surface area contributed by atoms with Gasteiger partial charge in [0.25, 0.3) is 10.0 Å². The van der Waals surface area contributed by atoms with Gasteiger partial charge in [0.05, 0.1) is 11.4 Å². The summed E-state index contributed by atoms with van der Waals surface area (Å²) in [5, 5.41) is 0. The Bertz CT molecular complexity index is 1000. The number of halogens is 2. The number of para-hydroxylation sites is 1. The molecule has 0 fully saturated rings. The Balaban J connectivity index is 2.55. The van der Waals surface area contributed by atoms with E-state index in [9.17, 15) is 25.6 Å². The number of anilines is 2. The molecule has 136 valence electrons. The van der Waals surface area contributed by atoms with E-state index in [2.05, 4.69) is 0 Å². The third-order valence-corrected chi connectivity index (χ3v) is 6.55. The minimum atomic E-state index is -4.67. The number of hydrogen-bond acceptors (Lipinski definition) is 5. The second kappa shape index (κ2) is 6.58. The first-order valence-corrected chi connectivity index (χ1v) is 9.68. The Morgan fingerprint density at radius 3 is 2.00 bits per heavy atom. The molecular weight excluding hydrogens is 376 g/mol. The molecule has 7 nitrogen and oxygen atoms in total. The van der Waals surface area contributed by atoms with E-state index >= 15 is 0 Å². The molecule has 0 aromatic heterocycles. The van der Waals surface area contributed by atoms with Gasteiger partial charge in [0.2, 0.25) is 10.0 Å². The Morgan fingerprint density at radius 2 is 1.48 bits per heavy atom. The van der Waals surface area contributed by atoms with Crippen molar-refractivity contribution in [1.29, 1.82) is 0 Å². The van der Waals surface area contributed by atoms with E-state index in [1.54, 1.807) is 0 Å². The zero-order valence-corrected chi connectivity index (χ0v) is 14.8. The molecule has 0 aliphatic rings. The SMILES string of the molecule is CN(C)S(=O)(=O)c1cccc(NS(=O)(=O)c2c(F)cccc2F)c1N. The molecule has 0 saturated carbocycles. The molecule has 25 heavy (non-hydrogen) atoms. The molecule has 0 radical (unpaired) electrons. The summed E-state index contributed by atoms with van der Waals surface area (Å²) in [5.41, 5.74) is 5.04. The number of nitrogens with one attached hydrogen (secondary N) is 1. The molecule has 0 atom stereocenters. The maximum absolute atomic E-state index is 13.7. The minimum absolute atomic E-state index is 0.314. The van der Waals surface area contributed by atoms with Gasteiger partial charge in [-0.1, -0.05) is 12.1 Å². The number of nitrogens with two attached hydrogens (primary N) is 1. The van der Waals surface area contributed by atoms with E-state index in [4.69, 9.17) is 5.73 Å². The maximum Gasteiger partial charge on any atom is 0.267 e. The predicted molar refractivity (Wildman–Crippen MR) is 88.9 cm³/mol. The van der Waals surface area contributed by atoms with Crippen LogP contribution in [0.1, 0.15) is 0 Å². The Labute approximate surface area is 144 Å². The van der Waals surface area contributed by atoms with Gasteiger partial charge in [0, 0.05) is 14.1 Å². The van der Waals surface area contributed by atoms with Gasteiger partial charge in [-0.15, -0.1) is 0 Å². The highest BCUT2D eigenvalue weighted by atomic mass is 32.2. The average molecular weight is 391 g/mol. The van der Waals surface area contributed by atoms with E-state index in [1.807, 2.05) is 4.72 Å². The molecule has 0 unspecified atom stereocenters. The third kappa shape index (κ3) is 3.57. The topological polar surface area (TPSA) is 110 Å². The lowest BCUT2D eigenvalue weighted by Crippen LogP contribution is -2.24. The maximum atomic E-state index is 13.7. The van der Waals surface area contributed by atoms with Gasteiger partial charge in [-0.3, -0.25) is 4.72 Å². The van der Waals surface area contributed by atoms with Crippen LogP contribution in [-0.4, -0.2) is 35.2 Å². The van der Waals surface area contributed by atoms with Crippen molar-refractivity contribution in [3.05, 3.63) is 48.0 Å². The molecule has 2 aromatic carbocycles. The van der Waals surface area contributed by atoms with E-state index in [-0.39, 0.29) is 10.6 Å². The molecule has 3 N–H and O–H groups in total. The zero-order chi connectivity index (χ0) is 19.0. The fraction of sp³-hybridized carbons (Fsp3) is 0.143. The minimum Gasteiger partial charge on any atom is -0.396 e. The summed E-state index contributed by atoms with van der Waals surface area (Å²) in [5.74, 6) is -2.58. The molecule has 0 aliphatic heterocycles. The normalized spacial score (nSPS) is 12.4. The summed E-state index contributed by atoms with van der Waals surface area (Å²) in [4.78, 5) is -1.53. The lowest BCUT2D eigenvalue weighted by molar-refractivity contribution is 0.519. The van der Waals surface area contributed by atoms with Crippen LogP contribution >= 0.6 is 0 Å². The van der Waals surface area contributed by atoms with Gasteiger partial charge >= 0.3 is 0 Å². The van der Waals surface area contributed by atoms with Gasteiger partial charge in [0.1, 0.15) is 16.5 Å². The quantitative estimate of drug-likeness (QED) is 0.753. The van der Waals surface area contributed by atoms with Gasteiger partial charge in [-0.2, -0.15) is 0 Å². The fourth-order valence-electron chi connectivity index (χ4n) is 1.99. The van der Waals surface area contributed by atoms with Crippen LogP contribution in [0, 0.1) is 11.6 Å². The van der Waals surface area contributed by atoms with Crippen molar-refractivity contribution in [2.75, 3.05) is 24.6 Å². The standard InChI is InChI=1S/C14H15F2N3O4S2/c1-19(2)25(22,23)12-8-4-7-11(13(12)17)18-24(20,21)14-9(15)5-3-6-10(14)16/h3-8,18H,17H2,1-2H3. The molecule has 0 heterocycles. The van der Waals surface area contributed by atoms with Crippen molar-refractivity contribution in [1.82, 2.24) is 4.31 Å². The smallest absolute Gasteiger partial charge is 0.267 e. The summed E-state index contributed by atoms with van der Waals surface area (Å²) >= 11 is 0. The molecule has 0 aliphatic carbocycles. The van der Waals surface area contributed by atoms with Gasteiger partial charge in [-0.05, 0) is 24.3 Å². The Morgan fingerprint density at radius 1 is 0.960 bits per heavy atom. The molecule has 2 aromatic rings. The number of nitrogen functional groups attached to an aromatic ring is 1. The van der Waals surface area contributed by atoms with Crippen LogP contribution < -0.4 is 10.5 Å². The zero-order valence-electron chi connectivity index (χ0n) is 13.2. The lowest BCUT2D eigenvalue weighted by atomic mass is 10.3. The first-order chi connectivity index (χ1) is 11.5. The largest absolute Gasteiger partial charge is 0.396 e. The second-order valence-corrected chi connectivity index (χ2v) is 8.90. The molecule has 0 saturated heterocycles. The van der Waals surface area contributed by atoms with Crippen LogP contribution in [0.2, 0.25) is 0 Å². The highest BCUT2D eigenvalue weighted by Gasteiger charge is 2.27. The van der Waals surface area contributed by atoms with E-state index in [1.165, 1.54) is 32.3 Å². The van der Waals surface area contributed by atoms with Crippen molar-refractivity contribution < 1.29 is 25.6 Å².